The molecule has 0 unspecified atom stereocenters. The van der Waals surface area contributed by atoms with Gasteiger partial charge in [-0.05, 0) is 54.1 Å². The third-order valence-corrected chi connectivity index (χ3v) is 5.99. The zero-order valence-electron chi connectivity index (χ0n) is 17.3. The lowest BCUT2D eigenvalue weighted by atomic mass is 10.1. The van der Waals surface area contributed by atoms with Gasteiger partial charge < -0.3 is 14.8 Å². The zero-order chi connectivity index (χ0) is 23.5. The van der Waals surface area contributed by atoms with Crippen LogP contribution in [-0.2, 0) is 20.7 Å². The second-order valence-electron chi connectivity index (χ2n) is 7.05. The Morgan fingerprint density at radius 3 is 2.76 bits per heavy atom. The van der Waals surface area contributed by atoms with Crippen molar-refractivity contribution < 1.29 is 24.4 Å². The Balaban J connectivity index is 1.63. The number of nitrogens with one attached hydrogen (secondary N) is 1. The van der Waals surface area contributed by atoms with E-state index in [2.05, 4.69) is 14.7 Å². The van der Waals surface area contributed by atoms with Crippen LogP contribution < -0.4 is 0 Å². The van der Waals surface area contributed by atoms with Crippen molar-refractivity contribution in [2.75, 3.05) is 13.7 Å². The molecule has 1 fully saturated rings. The molecule has 2 aromatic carbocycles. The fourth-order valence-electron chi connectivity index (χ4n) is 3.32. The molecule has 0 atom stereocenters. The number of aromatic amines is 1. The van der Waals surface area contributed by atoms with E-state index < -0.39 is 16.8 Å². The minimum atomic E-state index is -0.658. The minimum absolute atomic E-state index is 0.0696. The fourth-order valence-corrected chi connectivity index (χ4v) is 4.30. The topological polar surface area (TPSA) is 138 Å². The van der Waals surface area contributed by atoms with Crippen LogP contribution in [0.25, 0.3) is 10.9 Å². The van der Waals surface area contributed by atoms with E-state index in [0.717, 1.165) is 34.3 Å². The molecular weight excluding hydrogens is 448 g/mol. The maximum absolute atomic E-state index is 13.0. The van der Waals surface area contributed by atoms with Gasteiger partial charge in [-0.1, -0.05) is 0 Å². The van der Waals surface area contributed by atoms with Crippen molar-refractivity contribution in [2.45, 2.75) is 6.42 Å². The summed E-state index contributed by atoms with van der Waals surface area (Å²) >= 11 is 1.02. The van der Waals surface area contributed by atoms with Gasteiger partial charge in [0.25, 0.3) is 11.6 Å². The Kier molecular flexibility index (Phi) is 6.13. The number of H-pyrrole nitrogens is 1. The number of thioether (sulfide) groups is 1. The van der Waals surface area contributed by atoms with Gasteiger partial charge >= 0.3 is 5.97 Å². The molecule has 0 aliphatic carbocycles. The van der Waals surface area contributed by atoms with Crippen LogP contribution in [0.4, 0.5) is 11.4 Å². The maximum Gasteiger partial charge on any atom is 0.331 e. The SMILES string of the molecule is COC(=O)/C=C1/SC(=Nc2ccc([N+](=O)[O-])cc2)N(CCc2c[nH]c3ccc(O)cc23)C1=O. The molecule has 11 heteroatoms. The summed E-state index contributed by atoms with van der Waals surface area (Å²) in [5.74, 6) is -0.914. The zero-order valence-corrected chi connectivity index (χ0v) is 18.2. The molecule has 0 saturated carbocycles. The first-order valence-corrected chi connectivity index (χ1v) is 10.6. The number of ether oxygens (including phenoxy) is 1. The summed E-state index contributed by atoms with van der Waals surface area (Å²) in [5.41, 5.74) is 2.12. The van der Waals surface area contributed by atoms with E-state index >= 15 is 0 Å². The average Bonchev–Trinajstić information content (AvgIpc) is 3.32. The quantitative estimate of drug-likeness (QED) is 0.245. The number of esters is 1. The van der Waals surface area contributed by atoms with Gasteiger partial charge in [0, 0.05) is 41.9 Å². The summed E-state index contributed by atoms with van der Waals surface area (Å²) in [6, 6.07) is 10.6. The molecule has 0 radical (unpaired) electrons. The van der Waals surface area contributed by atoms with Gasteiger partial charge in [0.05, 0.1) is 22.6 Å². The van der Waals surface area contributed by atoms with E-state index in [0.29, 0.717) is 17.3 Å². The predicted octanol–water partition coefficient (Wildman–Crippen LogP) is 3.64. The minimum Gasteiger partial charge on any atom is -0.508 e. The molecule has 168 valence electrons. The molecule has 1 amide bonds. The number of amides is 1. The van der Waals surface area contributed by atoms with Crippen LogP contribution in [0.1, 0.15) is 5.56 Å². The number of nitro benzene ring substituents is 1. The first-order chi connectivity index (χ1) is 15.9. The van der Waals surface area contributed by atoms with Crippen LogP contribution in [0.2, 0.25) is 0 Å². The number of nitrogens with zero attached hydrogens (tertiary/aromatic N) is 3. The van der Waals surface area contributed by atoms with Crippen LogP contribution in [0.3, 0.4) is 0 Å². The summed E-state index contributed by atoms with van der Waals surface area (Å²) in [6.07, 6.45) is 3.39. The summed E-state index contributed by atoms with van der Waals surface area (Å²) in [5, 5.41) is 21.9. The van der Waals surface area contributed by atoms with Gasteiger partial charge in [-0.3, -0.25) is 19.8 Å². The molecule has 0 spiro atoms. The molecule has 2 heterocycles. The average molecular weight is 466 g/mol. The van der Waals surface area contributed by atoms with Gasteiger partial charge in [-0.25, -0.2) is 9.79 Å². The molecular formula is C22H18N4O6S. The van der Waals surface area contributed by atoms with Crippen LogP contribution >= 0.6 is 11.8 Å². The summed E-state index contributed by atoms with van der Waals surface area (Å²) in [6.45, 7) is 0.263. The number of carbonyl (C=O) groups is 2. The summed E-state index contributed by atoms with van der Waals surface area (Å²) in [4.78, 5) is 44.3. The van der Waals surface area contributed by atoms with Crippen molar-refractivity contribution in [1.82, 2.24) is 9.88 Å². The number of rotatable bonds is 6. The number of hydrogen-bond acceptors (Lipinski definition) is 8. The first-order valence-electron chi connectivity index (χ1n) is 9.77. The number of aliphatic imine (C=N–C) groups is 1. The fraction of sp³-hybridized carbons (Fsp3) is 0.136. The van der Waals surface area contributed by atoms with Gasteiger partial charge in [0.2, 0.25) is 0 Å². The van der Waals surface area contributed by atoms with Crippen LogP contribution in [-0.4, -0.2) is 50.6 Å². The second-order valence-corrected chi connectivity index (χ2v) is 8.06. The number of carbonyl (C=O) groups excluding carboxylic acids is 2. The maximum atomic E-state index is 13.0. The number of phenols is 1. The summed E-state index contributed by atoms with van der Waals surface area (Å²) < 4.78 is 4.63. The summed E-state index contributed by atoms with van der Waals surface area (Å²) in [7, 11) is 1.22. The molecule has 1 saturated heterocycles. The van der Waals surface area contributed by atoms with Crippen LogP contribution in [0.5, 0.6) is 5.75 Å². The molecule has 10 nitrogen and oxygen atoms in total. The number of nitro groups is 1. The highest BCUT2D eigenvalue weighted by atomic mass is 32.2. The number of benzene rings is 2. The predicted molar refractivity (Wildman–Crippen MR) is 123 cm³/mol. The number of aromatic nitrogens is 1. The molecule has 2 N–H and O–H groups in total. The number of fused-ring (bicyclic) bond motifs is 1. The lowest BCUT2D eigenvalue weighted by Crippen LogP contribution is -2.31. The van der Waals surface area contributed by atoms with Crippen molar-refractivity contribution in [2.24, 2.45) is 4.99 Å². The Morgan fingerprint density at radius 1 is 1.30 bits per heavy atom. The van der Waals surface area contributed by atoms with E-state index in [4.69, 9.17) is 0 Å². The monoisotopic (exact) mass is 466 g/mol. The van der Waals surface area contributed by atoms with Crippen molar-refractivity contribution in [3.8, 4) is 5.75 Å². The van der Waals surface area contributed by atoms with Gasteiger partial charge in [-0.2, -0.15) is 0 Å². The molecule has 0 bridgehead atoms. The molecule has 1 aliphatic heterocycles. The van der Waals surface area contributed by atoms with Crippen LogP contribution in [0, 0.1) is 10.1 Å². The number of amidine groups is 1. The number of methoxy groups -OCH3 is 1. The Bertz CT molecular complexity index is 1310. The lowest BCUT2D eigenvalue weighted by molar-refractivity contribution is -0.384. The first kappa shape index (κ1) is 22.1. The van der Waals surface area contributed by atoms with E-state index in [-0.39, 0.29) is 22.9 Å². The van der Waals surface area contributed by atoms with E-state index in [1.807, 2.05) is 6.20 Å². The van der Waals surface area contributed by atoms with Gasteiger partial charge in [-0.15, -0.1) is 0 Å². The number of aromatic hydroxyl groups is 1. The Morgan fingerprint density at radius 2 is 2.06 bits per heavy atom. The molecule has 1 aromatic heterocycles. The van der Waals surface area contributed by atoms with Crippen molar-refractivity contribution in [3.05, 3.63) is 75.3 Å². The molecule has 3 aromatic rings. The number of phenolic OH excluding ortho intramolecular Hbond substituents is 1. The Labute approximate surface area is 191 Å². The third kappa shape index (κ3) is 4.72. The normalized spacial score (nSPS) is 16.2. The van der Waals surface area contributed by atoms with Crippen molar-refractivity contribution in [3.63, 3.8) is 0 Å². The second kappa shape index (κ2) is 9.17. The molecule has 33 heavy (non-hydrogen) atoms. The highest BCUT2D eigenvalue weighted by Gasteiger charge is 2.34. The number of non-ortho nitro benzene ring substituents is 1. The molecule has 1 aliphatic rings. The molecule has 4 rings (SSSR count). The smallest absolute Gasteiger partial charge is 0.331 e. The highest BCUT2D eigenvalue weighted by Crippen LogP contribution is 2.34. The third-order valence-electron chi connectivity index (χ3n) is 4.98. The van der Waals surface area contributed by atoms with E-state index in [9.17, 15) is 24.8 Å². The van der Waals surface area contributed by atoms with Crippen LogP contribution in [0.15, 0.2) is 64.6 Å². The van der Waals surface area contributed by atoms with Gasteiger partial charge in [0.1, 0.15) is 5.75 Å². The number of hydrogen-bond donors (Lipinski definition) is 2. The lowest BCUT2D eigenvalue weighted by Gasteiger charge is -2.15. The largest absolute Gasteiger partial charge is 0.508 e. The van der Waals surface area contributed by atoms with Gasteiger partial charge in [0.15, 0.2) is 5.17 Å². The van der Waals surface area contributed by atoms with E-state index in [1.165, 1.54) is 36.3 Å². The van der Waals surface area contributed by atoms with Crippen molar-refractivity contribution in [1.29, 1.82) is 0 Å². The standard InChI is InChI=1S/C22H18N4O6S/c1-32-20(28)11-19-21(29)25(9-8-13-12-23-18-7-6-16(27)10-17(13)18)22(33-19)24-14-2-4-15(5-3-14)26(30)31/h2-7,10-12,23,27H,8-9H2,1H3/b19-11+,24-22?. The van der Waals surface area contributed by atoms with E-state index in [1.54, 1.807) is 18.2 Å². The highest BCUT2D eigenvalue weighted by molar-refractivity contribution is 8.18. The van der Waals surface area contributed by atoms with Crippen molar-refractivity contribution >= 4 is 51.1 Å². The Hall–Kier alpha value is -4.12.